The van der Waals surface area contributed by atoms with Gasteiger partial charge in [-0.15, -0.1) is 0 Å². The molecule has 0 aromatic heterocycles. The molecule has 1 amide bonds. The fourth-order valence-electron chi connectivity index (χ4n) is 4.92. The summed E-state index contributed by atoms with van der Waals surface area (Å²) in [5.74, 6) is -0.893. The van der Waals surface area contributed by atoms with E-state index in [9.17, 15) is 22.9 Å². The van der Waals surface area contributed by atoms with Crippen molar-refractivity contribution in [3.63, 3.8) is 0 Å². The predicted octanol–water partition coefficient (Wildman–Crippen LogP) is 8.12. The Hall–Kier alpha value is -0.660. The van der Waals surface area contributed by atoms with E-state index in [2.05, 4.69) is 19.2 Å². The lowest BCUT2D eigenvalue weighted by Crippen LogP contribution is -2.47. The monoisotopic (exact) mass is 547 g/mol. The molecule has 0 aromatic rings. The number of carbonyl (C=O) groups excluding carboxylic acids is 1. The van der Waals surface area contributed by atoms with Crippen molar-refractivity contribution >= 4 is 16.0 Å². The Morgan fingerprint density at radius 3 is 1.35 bits per heavy atom. The van der Waals surface area contributed by atoms with Crippen LogP contribution in [0.25, 0.3) is 0 Å². The maximum Gasteiger partial charge on any atom is 0.266 e. The maximum absolute atomic E-state index is 12.3. The molecule has 0 aliphatic heterocycles. The Morgan fingerprint density at radius 2 is 0.973 bits per heavy atom. The Bertz CT molecular complexity index is 611. The maximum atomic E-state index is 12.3. The molecule has 0 bridgehead atoms. The van der Waals surface area contributed by atoms with Gasteiger partial charge in [0.1, 0.15) is 0 Å². The summed E-state index contributed by atoms with van der Waals surface area (Å²) in [6.45, 7) is 4.42. The summed E-state index contributed by atoms with van der Waals surface area (Å²) in [6, 6.07) is -0.959. The third-order valence-corrected chi connectivity index (χ3v) is 8.09. The minimum Gasteiger partial charge on any atom is -0.391 e. The molecule has 2 unspecified atom stereocenters. The molecule has 0 aliphatic rings. The fourth-order valence-corrected chi connectivity index (χ4v) is 5.68. The molecule has 7 heteroatoms. The highest BCUT2D eigenvalue weighted by Gasteiger charge is 2.26. The normalized spacial score (nSPS) is 13.5. The summed E-state index contributed by atoms with van der Waals surface area (Å²) in [6.07, 6.45) is 26.5. The molecule has 6 nitrogen and oxygen atoms in total. The van der Waals surface area contributed by atoms with Crippen LogP contribution in [0.3, 0.4) is 0 Å². The number of hydrogen-bond donors (Lipinski definition) is 3. The van der Waals surface area contributed by atoms with Crippen LogP contribution in [-0.4, -0.2) is 41.9 Å². The predicted molar refractivity (Wildman–Crippen MR) is 157 cm³/mol. The van der Waals surface area contributed by atoms with Crippen molar-refractivity contribution < 1.29 is 22.9 Å². The second-order valence-corrected chi connectivity index (χ2v) is 12.6. The molecule has 0 saturated heterocycles. The van der Waals surface area contributed by atoms with Crippen molar-refractivity contribution in [2.24, 2.45) is 0 Å². The molecule has 0 aliphatic carbocycles. The molecule has 0 heterocycles. The van der Waals surface area contributed by atoms with E-state index >= 15 is 0 Å². The van der Waals surface area contributed by atoms with Gasteiger partial charge in [-0.05, 0) is 12.8 Å². The van der Waals surface area contributed by atoms with E-state index < -0.39 is 28.0 Å². The Morgan fingerprint density at radius 1 is 0.622 bits per heavy atom. The highest BCUT2D eigenvalue weighted by molar-refractivity contribution is 7.85. The molecule has 0 fully saturated rings. The highest BCUT2D eigenvalue weighted by Crippen LogP contribution is 2.15. The second-order valence-electron chi connectivity index (χ2n) is 11.1. The molecule has 0 saturated carbocycles. The minimum absolute atomic E-state index is 0.249. The first-order valence-corrected chi connectivity index (χ1v) is 17.3. The van der Waals surface area contributed by atoms with E-state index in [1.54, 1.807) is 0 Å². The van der Waals surface area contributed by atoms with E-state index in [0.29, 0.717) is 12.8 Å². The van der Waals surface area contributed by atoms with Gasteiger partial charge in [0, 0.05) is 6.42 Å². The van der Waals surface area contributed by atoms with Gasteiger partial charge in [0.25, 0.3) is 10.1 Å². The second kappa shape index (κ2) is 25.6. The van der Waals surface area contributed by atoms with Crippen LogP contribution in [0, 0.1) is 0 Å². The molecule has 222 valence electrons. The average Bonchev–Trinajstić information content (AvgIpc) is 2.84. The van der Waals surface area contributed by atoms with Crippen LogP contribution < -0.4 is 5.32 Å². The largest absolute Gasteiger partial charge is 0.391 e. The zero-order valence-corrected chi connectivity index (χ0v) is 25.2. The summed E-state index contributed by atoms with van der Waals surface area (Å²) in [5.41, 5.74) is 0. The van der Waals surface area contributed by atoms with Crippen molar-refractivity contribution in [1.29, 1.82) is 0 Å². The van der Waals surface area contributed by atoms with Crippen molar-refractivity contribution in [3.05, 3.63) is 0 Å². The van der Waals surface area contributed by atoms with Gasteiger partial charge in [0.2, 0.25) is 5.91 Å². The zero-order chi connectivity index (χ0) is 27.6. The Labute approximate surface area is 229 Å². The van der Waals surface area contributed by atoms with Gasteiger partial charge in [-0.25, -0.2) is 0 Å². The quantitative estimate of drug-likeness (QED) is 0.0677. The molecule has 37 heavy (non-hydrogen) atoms. The molecular formula is C30H61NO5S. The lowest BCUT2D eigenvalue weighted by atomic mass is 10.0. The highest BCUT2D eigenvalue weighted by atomic mass is 32.2. The smallest absolute Gasteiger partial charge is 0.266 e. The van der Waals surface area contributed by atoms with Crippen LogP contribution in [0.1, 0.15) is 168 Å². The van der Waals surface area contributed by atoms with Gasteiger partial charge >= 0.3 is 0 Å². The van der Waals surface area contributed by atoms with E-state index in [4.69, 9.17) is 0 Å². The SMILES string of the molecule is CCCCCCCCCCCCCCCCCCC(=O)NC(CS(=O)(=O)O)C(O)CCCCCCCC. The number of nitrogens with one attached hydrogen (secondary N) is 1. The first-order chi connectivity index (χ1) is 17.8. The van der Waals surface area contributed by atoms with Crippen molar-refractivity contribution in [2.45, 2.75) is 180 Å². The molecular weight excluding hydrogens is 486 g/mol. The number of amides is 1. The summed E-state index contributed by atoms with van der Waals surface area (Å²) >= 11 is 0. The van der Waals surface area contributed by atoms with Gasteiger partial charge in [-0.2, -0.15) is 8.42 Å². The summed E-state index contributed by atoms with van der Waals surface area (Å²) in [7, 11) is -4.28. The van der Waals surface area contributed by atoms with Crippen molar-refractivity contribution in [2.75, 3.05) is 5.75 Å². The first-order valence-electron chi connectivity index (χ1n) is 15.7. The number of carbonyl (C=O) groups is 1. The number of rotatable bonds is 28. The van der Waals surface area contributed by atoms with Gasteiger partial charge < -0.3 is 10.4 Å². The molecule has 0 rings (SSSR count). The van der Waals surface area contributed by atoms with Gasteiger partial charge in [0.05, 0.1) is 17.9 Å². The fraction of sp³-hybridized carbons (Fsp3) is 0.967. The van der Waals surface area contributed by atoms with E-state index in [1.165, 1.54) is 96.3 Å². The summed E-state index contributed by atoms with van der Waals surface area (Å²) in [5, 5.41) is 13.1. The Balaban J connectivity index is 3.84. The van der Waals surface area contributed by atoms with Crippen LogP contribution in [0.4, 0.5) is 0 Å². The summed E-state index contributed by atoms with van der Waals surface area (Å²) in [4.78, 5) is 12.3. The number of aliphatic hydroxyl groups is 1. The van der Waals surface area contributed by atoms with Gasteiger partial charge in [-0.3, -0.25) is 9.35 Å². The average molecular weight is 548 g/mol. The third-order valence-electron chi connectivity index (χ3n) is 7.31. The zero-order valence-electron chi connectivity index (χ0n) is 24.4. The minimum atomic E-state index is -4.28. The van der Waals surface area contributed by atoms with E-state index in [-0.39, 0.29) is 5.91 Å². The number of aliphatic hydroxyl groups excluding tert-OH is 1. The Kier molecular flexibility index (Phi) is 25.2. The van der Waals surface area contributed by atoms with Crippen LogP contribution in [-0.2, 0) is 14.9 Å². The standard InChI is InChI=1S/C30H61NO5S/c1-3-5-7-9-11-12-13-14-15-16-17-18-19-20-22-24-26-30(33)31-28(27-37(34,35)36)29(32)25-23-21-10-8-6-4-2/h28-29,32H,3-27H2,1-2H3,(H,31,33)(H,34,35,36). The van der Waals surface area contributed by atoms with Gasteiger partial charge in [-0.1, -0.05) is 149 Å². The molecule has 0 radical (unpaired) electrons. The lowest BCUT2D eigenvalue weighted by Gasteiger charge is -2.23. The topological polar surface area (TPSA) is 104 Å². The van der Waals surface area contributed by atoms with Crippen LogP contribution in [0.2, 0.25) is 0 Å². The van der Waals surface area contributed by atoms with Gasteiger partial charge in [0.15, 0.2) is 0 Å². The van der Waals surface area contributed by atoms with Crippen LogP contribution in [0.5, 0.6) is 0 Å². The molecule has 3 N–H and O–H groups in total. The van der Waals surface area contributed by atoms with Crippen LogP contribution >= 0.6 is 0 Å². The van der Waals surface area contributed by atoms with Crippen molar-refractivity contribution in [1.82, 2.24) is 5.32 Å². The molecule has 0 spiro atoms. The van der Waals surface area contributed by atoms with E-state index in [0.717, 1.165) is 44.9 Å². The van der Waals surface area contributed by atoms with Crippen molar-refractivity contribution in [3.8, 4) is 0 Å². The van der Waals surface area contributed by atoms with E-state index in [1.807, 2.05) is 0 Å². The number of unbranched alkanes of at least 4 members (excludes halogenated alkanes) is 20. The van der Waals surface area contributed by atoms with Crippen LogP contribution in [0.15, 0.2) is 0 Å². The molecule has 0 aromatic carbocycles. The lowest BCUT2D eigenvalue weighted by molar-refractivity contribution is -0.122. The third kappa shape index (κ3) is 26.7. The number of hydrogen-bond acceptors (Lipinski definition) is 4. The first kappa shape index (κ1) is 36.3. The molecule has 2 atom stereocenters. The summed E-state index contributed by atoms with van der Waals surface area (Å²) < 4.78 is 32.0.